The van der Waals surface area contributed by atoms with Crippen LogP contribution in [0.4, 0.5) is 0 Å². The van der Waals surface area contributed by atoms with Crippen molar-refractivity contribution in [3.63, 3.8) is 0 Å². The van der Waals surface area contributed by atoms with Gasteiger partial charge in [0.15, 0.2) is 5.41 Å². The molecule has 0 radical (unpaired) electrons. The fourth-order valence-electron chi connectivity index (χ4n) is 3.63. The van der Waals surface area contributed by atoms with E-state index in [4.69, 9.17) is 9.47 Å². The zero-order valence-electron chi connectivity index (χ0n) is 11.8. The van der Waals surface area contributed by atoms with E-state index >= 15 is 0 Å². The third-order valence-corrected chi connectivity index (χ3v) is 4.62. The maximum atomic E-state index is 12.2. The second-order valence-corrected chi connectivity index (χ2v) is 5.61. The van der Waals surface area contributed by atoms with E-state index in [9.17, 15) is 9.59 Å². The SMILES string of the molecule is COC(=O)C1(C(=O)OC)Cc2ccc3c(c2C1)CCC3. The summed E-state index contributed by atoms with van der Waals surface area (Å²) >= 11 is 0. The minimum atomic E-state index is -1.19. The van der Waals surface area contributed by atoms with Gasteiger partial charge in [-0.3, -0.25) is 9.59 Å². The first kappa shape index (κ1) is 13.2. The number of hydrogen-bond acceptors (Lipinski definition) is 4. The zero-order valence-corrected chi connectivity index (χ0v) is 11.8. The Balaban J connectivity index is 2.06. The summed E-state index contributed by atoms with van der Waals surface area (Å²) in [6.07, 6.45) is 4.07. The van der Waals surface area contributed by atoms with Gasteiger partial charge in [-0.05, 0) is 47.9 Å². The van der Waals surface area contributed by atoms with Crippen molar-refractivity contribution in [3.8, 4) is 0 Å². The minimum absolute atomic E-state index is 0.384. The van der Waals surface area contributed by atoms with Gasteiger partial charge in [0.2, 0.25) is 0 Å². The van der Waals surface area contributed by atoms with E-state index < -0.39 is 17.4 Å². The Morgan fingerprint density at radius 2 is 1.60 bits per heavy atom. The van der Waals surface area contributed by atoms with Crippen molar-refractivity contribution in [2.24, 2.45) is 5.41 Å². The first-order valence-electron chi connectivity index (χ1n) is 6.91. The average molecular weight is 274 g/mol. The molecule has 0 N–H and O–H groups in total. The molecule has 0 aliphatic heterocycles. The third-order valence-electron chi connectivity index (χ3n) is 4.62. The van der Waals surface area contributed by atoms with Crippen LogP contribution in [0.25, 0.3) is 0 Å². The summed E-state index contributed by atoms with van der Waals surface area (Å²) in [6, 6.07) is 4.18. The predicted octanol–water partition coefficient (Wildman–Crippen LogP) is 1.61. The van der Waals surface area contributed by atoms with Gasteiger partial charge in [-0.25, -0.2) is 0 Å². The molecule has 3 rings (SSSR count). The number of benzene rings is 1. The fraction of sp³-hybridized carbons (Fsp3) is 0.500. The predicted molar refractivity (Wildman–Crippen MR) is 72.3 cm³/mol. The van der Waals surface area contributed by atoms with Crippen LogP contribution in [0.1, 0.15) is 28.7 Å². The first-order valence-corrected chi connectivity index (χ1v) is 6.91. The van der Waals surface area contributed by atoms with Crippen LogP contribution in [0.2, 0.25) is 0 Å². The second kappa shape index (κ2) is 4.62. The molecular weight excluding hydrogens is 256 g/mol. The van der Waals surface area contributed by atoms with Gasteiger partial charge in [0.25, 0.3) is 0 Å². The molecule has 0 saturated heterocycles. The highest BCUT2D eigenvalue weighted by atomic mass is 16.5. The van der Waals surface area contributed by atoms with Gasteiger partial charge in [-0.2, -0.15) is 0 Å². The number of aryl methyl sites for hydroxylation is 1. The summed E-state index contributed by atoms with van der Waals surface area (Å²) in [5, 5.41) is 0. The van der Waals surface area contributed by atoms with E-state index in [2.05, 4.69) is 6.07 Å². The van der Waals surface area contributed by atoms with E-state index in [1.807, 2.05) is 6.07 Å². The van der Waals surface area contributed by atoms with Gasteiger partial charge in [0, 0.05) is 6.42 Å². The molecule has 0 spiro atoms. The number of ether oxygens (including phenoxy) is 2. The van der Waals surface area contributed by atoms with Crippen LogP contribution in [0.3, 0.4) is 0 Å². The maximum absolute atomic E-state index is 12.2. The van der Waals surface area contributed by atoms with E-state index in [1.54, 1.807) is 0 Å². The zero-order chi connectivity index (χ0) is 14.3. The Bertz CT molecular complexity index is 572. The minimum Gasteiger partial charge on any atom is -0.468 e. The lowest BCUT2D eigenvalue weighted by Gasteiger charge is -2.22. The number of carbonyl (C=O) groups is 2. The molecule has 0 amide bonds. The summed E-state index contributed by atoms with van der Waals surface area (Å²) in [4.78, 5) is 24.4. The Kier molecular flexibility index (Phi) is 3.04. The normalized spacial score (nSPS) is 18.3. The summed E-state index contributed by atoms with van der Waals surface area (Å²) in [5.74, 6) is -0.986. The lowest BCUT2D eigenvalue weighted by Crippen LogP contribution is -2.42. The Morgan fingerprint density at radius 1 is 0.950 bits per heavy atom. The number of methoxy groups -OCH3 is 2. The van der Waals surface area contributed by atoms with Crippen molar-refractivity contribution < 1.29 is 19.1 Å². The van der Waals surface area contributed by atoms with Crippen LogP contribution < -0.4 is 0 Å². The molecule has 4 nitrogen and oxygen atoms in total. The number of rotatable bonds is 2. The highest BCUT2D eigenvalue weighted by molar-refractivity contribution is 6.01. The fourth-order valence-corrected chi connectivity index (χ4v) is 3.63. The smallest absolute Gasteiger partial charge is 0.323 e. The van der Waals surface area contributed by atoms with Crippen molar-refractivity contribution in [2.45, 2.75) is 32.1 Å². The molecular formula is C16H18O4. The largest absolute Gasteiger partial charge is 0.468 e. The van der Waals surface area contributed by atoms with Gasteiger partial charge >= 0.3 is 11.9 Å². The van der Waals surface area contributed by atoms with E-state index in [0.29, 0.717) is 12.8 Å². The van der Waals surface area contributed by atoms with Crippen LogP contribution in [0.5, 0.6) is 0 Å². The highest BCUT2D eigenvalue weighted by Crippen LogP contribution is 2.43. The second-order valence-electron chi connectivity index (χ2n) is 5.61. The topological polar surface area (TPSA) is 52.6 Å². The monoisotopic (exact) mass is 274 g/mol. The Hall–Kier alpha value is -1.84. The lowest BCUT2D eigenvalue weighted by molar-refractivity contribution is -0.168. The molecule has 0 heterocycles. The average Bonchev–Trinajstić information content (AvgIpc) is 3.08. The quantitative estimate of drug-likeness (QED) is 0.607. The van der Waals surface area contributed by atoms with Crippen molar-refractivity contribution in [1.82, 2.24) is 0 Å². The third kappa shape index (κ3) is 1.67. The number of hydrogen-bond donors (Lipinski definition) is 0. The van der Waals surface area contributed by atoms with Crippen LogP contribution in [0.15, 0.2) is 12.1 Å². The van der Waals surface area contributed by atoms with Crippen LogP contribution in [-0.4, -0.2) is 26.2 Å². The van der Waals surface area contributed by atoms with Gasteiger partial charge < -0.3 is 9.47 Å². The Labute approximate surface area is 118 Å². The highest BCUT2D eigenvalue weighted by Gasteiger charge is 2.53. The standard InChI is InChI=1S/C16H18O4/c1-19-14(17)16(15(18)20-2)8-11-7-6-10-4-3-5-12(10)13(11)9-16/h6-7H,3-5,8-9H2,1-2H3. The van der Waals surface area contributed by atoms with Crippen LogP contribution in [0, 0.1) is 5.41 Å². The maximum Gasteiger partial charge on any atom is 0.323 e. The molecule has 2 aliphatic rings. The molecule has 0 bridgehead atoms. The summed E-state index contributed by atoms with van der Waals surface area (Å²) in [7, 11) is 2.64. The number of carbonyl (C=O) groups excluding carboxylic acids is 2. The molecule has 20 heavy (non-hydrogen) atoms. The van der Waals surface area contributed by atoms with Gasteiger partial charge in [-0.1, -0.05) is 12.1 Å². The number of fused-ring (bicyclic) bond motifs is 3. The first-order chi connectivity index (χ1) is 9.62. The molecule has 0 fully saturated rings. The molecule has 0 unspecified atom stereocenters. The molecule has 0 atom stereocenters. The van der Waals surface area contributed by atoms with Crippen molar-refractivity contribution in [2.75, 3.05) is 14.2 Å². The van der Waals surface area contributed by atoms with Crippen molar-refractivity contribution >= 4 is 11.9 Å². The molecule has 0 saturated carbocycles. The van der Waals surface area contributed by atoms with Crippen molar-refractivity contribution in [1.29, 1.82) is 0 Å². The van der Waals surface area contributed by atoms with Gasteiger partial charge in [0.1, 0.15) is 0 Å². The lowest BCUT2D eigenvalue weighted by atomic mass is 9.84. The van der Waals surface area contributed by atoms with Crippen LogP contribution >= 0.6 is 0 Å². The number of esters is 2. The van der Waals surface area contributed by atoms with E-state index in [0.717, 1.165) is 30.4 Å². The molecule has 4 heteroatoms. The molecule has 1 aromatic carbocycles. The van der Waals surface area contributed by atoms with E-state index in [-0.39, 0.29) is 0 Å². The summed E-state index contributed by atoms with van der Waals surface area (Å²) in [5.41, 5.74) is 3.74. The van der Waals surface area contributed by atoms with Crippen molar-refractivity contribution in [3.05, 3.63) is 34.4 Å². The van der Waals surface area contributed by atoms with Crippen LogP contribution in [-0.2, 0) is 44.7 Å². The summed E-state index contributed by atoms with van der Waals surface area (Å²) < 4.78 is 9.74. The Morgan fingerprint density at radius 3 is 2.25 bits per heavy atom. The van der Waals surface area contributed by atoms with Gasteiger partial charge in [0.05, 0.1) is 14.2 Å². The molecule has 1 aromatic rings. The molecule has 0 aromatic heterocycles. The summed E-state index contributed by atoms with van der Waals surface area (Å²) in [6.45, 7) is 0. The molecule has 2 aliphatic carbocycles. The van der Waals surface area contributed by atoms with E-state index in [1.165, 1.54) is 25.3 Å². The molecule has 106 valence electrons. The van der Waals surface area contributed by atoms with Gasteiger partial charge in [-0.15, -0.1) is 0 Å².